The van der Waals surface area contributed by atoms with E-state index < -0.39 is 0 Å². The minimum Gasteiger partial charge on any atom is -0.381 e. The number of nitrogens with zero attached hydrogens (tertiary/aromatic N) is 3. The van der Waals surface area contributed by atoms with E-state index in [1.54, 1.807) is 34.0 Å². The Hall–Kier alpha value is -1.79. The summed E-state index contributed by atoms with van der Waals surface area (Å²) in [6.45, 7) is 4.42. The number of aromatic nitrogens is 3. The van der Waals surface area contributed by atoms with Crippen molar-refractivity contribution in [1.82, 2.24) is 14.8 Å². The number of rotatable bonds is 5. The van der Waals surface area contributed by atoms with Gasteiger partial charge in [0.15, 0.2) is 4.34 Å². The molecule has 0 aliphatic rings. The summed E-state index contributed by atoms with van der Waals surface area (Å²) >= 11 is 3.41. The zero-order valence-corrected chi connectivity index (χ0v) is 12.7. The summed E-state index contributed by atoms with van der Waals surface area (Å²) < 4.78 is 4.01. The molecular formula is C14H14N4S2. The van der Waals surface area contributed by atoms with Crippen molar-refractivity contribution >= 4 is 45.2 Å². The molecule has 6 heteroatoms. The average Bonchev–Trinajstić information content (AvgIpc) is 3.10. The van der Waals surface area contributed by atoms with Gasteiger partial charge in [-0.1, -0.05) is 18.3 Å². The molecule has 20 heavy (non-hydrogen) atoms. The highest BCUT2D eigenvalue weighted by atomic mass is 32.2. The maximum absolute atomic E-state index is 4.53. The smallest absolute Gasteiger partial charge is 0.150 e. The van der Waals surface area contributed by atoms with E-state index in [2.05, 4.69) is 40.2 Å². The van der Waals surface area contributed by atoms with Gasteiger partial charge >= 0.3 is 0 Å². The molecule has 0 radical (unpaired) electrons. The first kappa shape index (κ1) is 13.2. The Morgan fingerprint density at radius 1 is 1.50 bits per heavy atom. The second-order valence-electron chi connectivity index (χ2n) is 4.23. The highest BCUT2D eigenvalue weighted by molar-refractivity contribution is 8.00. The van der Waals surface area contributed by atoms with E-state index in [-0.39, 0.29) is 0 Å². The highest BCUT2D eigenvalue weighted by Gasteiger charge is 2.04. The summed E-state index contributed by atoms with van der Waals surface area (Å²) in [5.74, 6) is 0. The molecule has 0 saturated carbocycles. The summed E-state index contributed by atoms with van der Waals surface area (Å²) in [6, 6.07) is 6.26. The van der Waals surface area contributed by atoms with Crippen molar-refractivity contribution in [1.29, 1.82) is 0 Å². The largest absolute Gasteiger partial charge is 0.381 e. The molecule has 1 N–H and O–H groups in total. The summed E-state index contributed by atoms with van der Waals surface area (Å²) in [4.78, 5) is 4.53. The van der Waals surface area contributed by atoms with Crippen LogP contribution in [0.5, 0.6) is 0 Å². The highest BCUT2D eigenvalue weighted by Crippen LogP contribution is 2.30. The van der Waals surface area contributed by atoms with Crippen molar-refractivity contribution in [2.75, 3.05) is 11.6 Å². The van der Waals surface area contributed by atoms with Crippen molar-refractivity contribution in [3.8, 4) is 0 Å². The molecule has 2 aromatic heterocycles. The Morgan fingerprint density at radius 2 is 2.40 bits per heavy atom. The fraction of sp³-hybridized carbons (Fsp3) is 0.143. The monoisotopic (exact) mass is 302 g/mol. The van der Waals surface area contributed by atoms with E-state index in [9.17, 15) is 0 Å². The number of fused-ring (bicyclic) bond motifs is 1. The van der Waals surface area contributed by atoms with Crippen LogP contribution in [0.1, 0.15) is 5.56 Å². The molecular weight excluding hydrogens is 288 g/mol. The van der Waals surface area contributed by atoms with Crippen molar-refractivity contribution in [2.24, 2.45) is 0 Å². The molecule has 3 aromatic rings. The van der Waals surface area contributed by atoms with Gasteiger partial charge in [0.2, 0.25) is 0 Å². The third-order valence-corrected chi connectivity index (χ3v) is 4.89. The van der Waals surface area contributed by atoms with E-state index >= 15 is 0 Å². The van der Waals surface area contributed by atoms with Gasteiger partial charge in [-0.3, -0.25) is 0 Å². The van der Waals surface area contributed by atoms with Gasteiger partial charge in [-0.15, -0.1) is 11.3 Å². The number of benzene rings is 1. The van der Waals surface area contributed by atoms with Gasteiger partial charge in [-0.2, -0.15) is 5.10 Å². The average molecular weight is 302 g/mol. The fourth-order valence-electron chi connectivity index (χ4n) is 1.87. The molecule has 0 bridgehead atoms. The number of thiazole rings is 1. The molecule has 0 saturated heterocycles. The zero-order valence-electron chi connectivity index (χ0n) is 11.0. The Labute approximate surface area is 125 Å². The Morgan fingerprint density at radius 3 is 3.15 bits per heavy atom. The van der Waals surface area contributed by atoms with Crippen molar-refractivity contribution in [2.45, 2.75) is 10.9 Å². The summed E-state index contributed by atoms with van der Waals surface area (Å²) in [7, 11) is 0. The number of anilines is 1. The molecule has 4 nitrogen and oxygen atoms in total. The van der Waals surface area contributed by atoms with Crippen LogP contribution < -0.4 is 5.32 Å². The third kappa shape index (κ3) is 2.71. The predicted octanol–water partition coefficient (Wildman–Crippen LogP) is 3.93. The Bertz CT molecular complexity index is 745. The molecule has 0 aliphatic carbocycles. The Kier molecular flexibility index (Phi) is 3.75. The van der Waals surface area contributed by atoms with Crippen LogP contribution >= 0.6 is 23.1 Å². The van der Waals surface area contributed by atoms with Crippen LogP contribution in [-0.4, -0.2) is 21.0 Å². The molecule has 0 fully saturated rings. The van der Waals surface area contributed by atoms with Crippen LogP contribution in [0, 0.1) is 0 Å². The number of hydrogen-bond donors (Lipinski definition) is 1. The predicted molar refractivity (Wildman–Crippen MR) is 87.3 cm³/mol. The second-order valence-corrected chi connectivity index (χ2v) is 6.32. The standard InChI is InChI=1S/C14H14N4S2/c1-3-18-9-10(8-16-18)7-15-11-4-5-12-13(6-11)20-14(17-12)19-2/h3-6,8-9,15H,1,7H2,2H3. The first-order valence-electron chi connectivity index (χ1n) is 6.12. The number of thioether (sulfide) groups is 1. The van der Waals surface area contributed by atoms with E-state index in [1.165, 1.54) is 4.70 Å². The van der Waals surface area contributed by atoms with Gasteiger partial charge in [0, 0.05) is 30.2 Å². The molecule has 0 spiro atoms. The van der Waals surface area contributed by atoms with E-state index in [1.807, 2.05) is 18.6 Å². The van der Waals surface area contributed by atoms with Gasteiger partial charge < -0.3 is 5.32 Å². The molecule has 1 aromatic carbocycles. The molecule has 102 valence electrons. The van der Waals surface area contributed by atoms with E-state index in [0.717, 1.165) is 27.7 Å². The normalized spacial score (nSPS) is 10.8. The van der Waals surface area contributed by atoms with Crippen molar-refractivity contribution < 1.29 is 0 Å². The third-order valence-electron chi connectivity index (χ3n) is 2.88. The van der Waals surface area contributed by atoms with E-state index in [4.69, 9.17) is 0 Å². The second kappa shape index (κ2) is 5.68. The molecule has 0 unspecified atom stereocenters. The van der Waals surface area contributed by atoms with Crippen molar-refractivity contribution in [3.05, 3.63) is 42.7 Å². The van der Waals surface area contributed by atoms with Crippen LogP contribution in [0.2, 0.25) is 0 Å². The van der Waals surface area contributed by atoms with Crippen LogP contribution in [0.3, 0.4) is 0 Å². The first-order chi connectivity index (χ1) is 9.78. The van der Waals surface area contributed by atoms with Crippen LogP contribution in [0.15, 0.2) is 41.5 Å². The van der Waals surface area contributed by atoms with Gasteiger partial charge in [0.05, 0.1) is 16.4 Å². The van der Waals surface area contributed by atoms with Gasteiger partial charge in [0.25, 0.3) is 0 Å². The van der Waals surface area contributed by atoms with Crippen LogP contribution in [-0.2, 0) is 6.54 Å². The summed E-state index contributed by atoms with van der Waals surface area (Å²) in [5.41, 5.74) is 3.28. The van der Waals surface area contributed by atoms with Crippen molar-refractivity contribution in [3.63, 3.8) is 0 Å². The minimum absolute atomic E-state index is 0.744. The SMILES string of the molecule is C=Cn1cc(CNc2ccc3nc(SC)sc3c2)cn1. The topological polar surface area (TPSA) is 42.7 Å². The molecule has 0 amide bonds. The summed E-state index contributed by atoms with van der Waals surface area (Å²) in [6.07, 6.45) is 7.52. The minimum atomic E-state index is 0.744. The van der Waals surface area contributed by atoms with Crippen LogP contribution in [0.4, 0.5) is 5.69 Å². The summed E-state index contributed by atoms with van der Waals surface area (Å²) in [5, 5.41) is 7.56. The lowest BCUT2D eigenvalue weighted by molar-refractivity contribution is 0.936. The van der Waals surface area contributed by atoms with Crippen LogP contribution in [0.25, 0.3) is 16.4 Å². The molecule has 0 atom stereocenters. The zero-order chi connectivity index (χ0) is 13.9. The molecule has 0 aliphatic heterocycles. The fourth-order valence-corrected chi connectivity index (χ4v) is 3.40. The lowest BCUT2D eigenvalue weighted by atomic mass is 10.3. The number of hydrogen-bond acceptors (Lipinski definition) is 5. The first-order valence-corrected chi connectivity index (χ1v) is 8.16. The van der Waals surface area contributed by atoms with Gasteiger partial charge in [-0.05, 0) is 24.5 Å². The number of nitrogens with one attached hydrogen (secondary N) is 1. The quantitative estimate of drug-likeness (QED) is 0.725. The maximum Gasteiger partial charge on any atom is 0.150 e. The Balaban J connectivity index is 1.75. The van der Waals surface area contributed by atoms with Gasteiger partial charge in [0.1, 0.15) is 0 Å². The lowest BCUT2D eigenvalue weighted by Crippen LogP contribution is -1.97. The van der Waals surface area contributed by atoms with E-state index in [0.29, 0.717) is 0 Å². The molecule has 3 rings (SSSR count). The van der Waals surface area contributed by atoms with Gasteiger partial charge in [-0.25, -0.2) is 9.67 Å². The lowest BCUT2D eigenvalue weighted by Gasteiger charge is -2.04. The maximum atomic E-state index is 4.53. The molecule has 2 heterocycles.